The Balaban J connectivity index is 3.10. The third kappa shape index (κ3) is 4.97. The van der Waals surface area contributed by atoms with Gasteiger partial charge in [0.25, 0.3) is 0 Å². The Morgan fingerprint density at radius 2 is 1.06 bits per heavy atom. The van der Waals surface area contributed by atoms with Crippen molar-refractivity contribution in [2.75, 3.05) is 0 Å². The van der Waals surface area contributed by atoms with Gasteiger partial charge >= 0.3 is 109 Å². The third-order valence-corrected chi connectivity index (χ3v) is 4.76. The molecule has 0 heterocycles. The van der Waals surface area contributed by atoms with Crippen LogP contribution in [0.3, 0.4) is 0 Å². The van der Waals surface area contributed by atoms with E-state index in [-0.39, 0.29) is 0 Å². The van der Waals surface area contributed by atoms with Gasteiger partial charge in [0.05, 0.1) is 0 Å². The van der Waals surface area contributed by atoms with Crippen molar-refractivity contribution in [1.82, 2.24) is 0 Å². The molecule has 2 N–H and O–H groups in total. The van der Waals surface area contributed by atoms with E-state index in [2.05, 4.69) is 0 Å². The maximum atomic E-state index is 12.1. The van der Waals surface area contributed by atoms with Crippen molar-refractivity contribution < 1.29 is 36.6 Å². The summed E-state index contributed by atoms with van der Waals surface area (Å²) < 4.78 is 71.5. The summed E-state index contributed by atoms with van der Waals surface area (Å²) in [6.45, 7) is 0. The van der Waals surface area contributed by atoms with Crippen LogP contribution in [0.15, 0.2) is 12.1 Å². The second-order valence-corrected chi connectivity index (χ2v) is 7.53. The molecule has 0 unspecified atom stereocenters. The first-order chi connectivity index (χ1) is 7.98. The molecule has 0 aliphatic heterocycles. The minimum absolute atomic E-state index is 0.506. The molecule has 1 rings (SSSR count). The Hall–Kier alpha value is -0.561. The molecule has 0 bridgehead atoms. The molecule has 102 valence electrons. The summed E-state index contributed by atoms with van der Waals surface area (Å²) in [7, 11) is 0. The quantitative estimate of drug-likeness (QED) is 0.566. The predicted molar refractivity (Wildman–Crippen MR) is 52.7 cm³/mol. The Morgan fingerprint density at radius 1 is 0.722 bits per heavy atom. The number of phenols is 2. The summed E-state index contributed by atoms with van der Waals surface area (Å²) >= 11 is -4.33. The molecule has 1 aromatic carbocycles. The van der Waals surface area contributed by atoms with E-state index in [4.69, 9.17) is 10.2 Å². The summed E-state index contributed by atoms with van der Waals surface area (Å²) in [4.78, 5) is 0. The molecule has 0 aromatic heterocycles. The molecule has 0 aliphatic carbocycles. The third-order valence-electron chi connectivity index (χ3n) is 1.49. The first-order valence-electron chi connectivity index (χ1n) is 4.05. The van der Waals surface area contributed by atoms with Gasteiger partial charge in [0.15, 0.2) is 0 Å². The van der Waals surface area contributed by atoms with Crippen LogP contribution in [0, 0.1) is 0 Å². The van der Waals surface area contributed by atoms with E-state index in [9.17, 15) is 26.3 Å². The fourth-order valence-corrected chi connectivity index (χ4v) is 3.80. The van der Waals surface area contributed by atoms with E-state index >= 15 is 0 Å². The van der Waals surface area contributed by atoms with Crippen LogP contribution in [0.25, 0.3) is 0 Å². The molecule has 18 heavy (non-hydrogen) atoms. The van der Waals surface area contributed by atoms with Crippen LogP contribution in [0.5, 0.6) is 11.5 Å². The van der Waals surface area contributed by atoms with Crippen LogP contribution < -0.4 is 8.92 Å². The molecule has 0 aliphatic rings. The second-order valence-electron chi connectivity index (χ2n) is 2.88. The number of hydrogen-bond acceptors (Lipinski definition) is 2. The molecule has 0 amide bonds. The molecule has 1 aromatic rings. The average molecular weight is 404 g/mol. The van der Waals surface area contributed by atoms with E-state index in [1.807, 2.05) is 0 Å². The molecule has 0 fully saturated rings. The van der Waals surface area contributed by atoms with Gasteiger partial charge in [-0.1, -0.05) is 0 Å². The molecule has 0 radical (unpaired) electrons. The van der Waals surface area contributed by atoms with Crippen molar-refractivity contribution >= 4 is 38.8 Å². The van der Waals surface area contributed by atoms with Gasteiger partial charge in [0, 0.05) is 0 Å². The Labute approximate surface area is 109 Å². The first-order valence-corrected chi connectivity index (χ1v) is 7.48. The van der Waals surface area contributed by atoms with Gasteiger partial charge in [0.2, 0.25) is 0 Å². The van der Waals surface area contributed by atoms with Gasteiger partial charge in [-0.05, 0) is 0 Å². The monoisotopic (exact) mass is 406 g/mol. The fraction of sp³-hybridized carbons (Fsp3) is 0.250. The van der Waals surface area contributed by atoms with Gasteiger partial charge in [-0.15, -0.1) is 0 Å². The zero-order valence-electron chi connectivity index (χ0n) is 8.13. The molecule has 0 spiro atoms. The van der Waals surface area contributed by atoms with Crippen LogP contribution in [0.4, 0.5) is 26.3 Å². The molecule has 0 saturated carbocycles. The molecule has 2 nitrogen and oxygen atoms in total. The number of hydrogen-bond donors (Lipinski definition) is 2. The molecular formula is C8H4F6O2Se2. The average Bonchev–Trinajstić information content (AvgIpc) is 2.08. The van der Waals surface area contributed by atoms with Crippen molar-refractivity contribution in [3.63, 3.8) is 0 Å². The van der Waals surface area contributed by atoms with E-state index < -0.39 is 60.5 Å². The Bertz CT molecular complexity index is 405. The van der Waals surface area contributed by atoms with Crippen LogP contribution in [-0.2, 0) is 0 Å². The normalized spacial score (nSPS) is 12.8. The van der Waals surface area contributed by atoms with Crippen molar-refractivity contribution in [1.29, 1.82) is 0 Å². The molecule has 10 heteroatoms. The minimum atomic E-state index is -4.59. The zero-order valence-corrected chi connectivity index (χ0v) is 11.6. The van der Waals surface area contributed by atoms with Crippen LogP contribution >= 0.6 is 0 Å². The first kappa shape index (κ1) is 15.5. The topological polar surface area (TPSA) is 40.5 Å². The van der Waals surface area contributed by atoms with Gasteiger partial charge < -0.3 is 0 Å². The van der Waals surface area contributed by atoms with Gasteiger partial charge in [-0.3, -0.25) is 0 Å². The van der Waals surface area contributed by atoms with Crippen LogP contribution in [0.2, 0.25) is 0 Å². The van der Waals surface area contributed by atoms with Crippen molar-refractivity contribution in [3.8, 4) is 11.5 Å². The Morgan fingerprint density at radius 3 is 1.33 bits per heavy atom. The van der Waals surface area contributed by atoms with E-state index in [1.165, 1.54) is 0 Å². The number of aromatic hydroxyl groups is 2. The summed E-state index contributed by atoms with van der Waals surface area (Å²) in [6.07, 6.45) is 0. The summed E-state index contributed by atoms with van der Waals surface area (Å²) in [5.41, 5.74) is 0. The number of alkyl halides is 6. The molecule has 0 saturated heterocycles. The second kappa shape index (κ2) is 5.20. The summed E-state index contributed by atoms with van der Waals surface area (Å²) in [5, 5.41) is 9.13. The van der Waals surface area contributed by atoms with Crippen LogP contribution in [0.1, 0.15) is 0 Å². The summed E-state index contributed by atoms with van der Waals surface area (Å²) in [6, 6.07) is 1.07. The SMILES string of the molecule is Oc1cc(O)c([Se]C(F)(F)F)cc1[Se]C(F)(F)F. The summed E-state index contributed by atoms with van der Waals surface area (Å²) in [5.74, 6) is -1.71. The predicted octanol–water partition coefficient (Wildman–Crippen LogP) is 0.796. The Kier molecular flexibility index (Phi) is 4.48. The number of halogens is 6. The van der Waals surface area contributed by atoms with Gasteiger partial charge in [-0.2, -0.15) is 0 Å². The standard InChI is InChI=1S/C8H4F6O2Se2/c9-7(10,11)17-5-2-6(18-8(12,13)14)4(16)1-3(5)15/h1-2,15-16H. The van der Waals surface area contributed by atoms with Crippen molar-refractivity contribution in [2.45, 2.75) is 10.1 Å². The number of benzene rings is 1. The van der Waals surface area contributed by atoms with E-state index in [1.54, 1.807) is 0 Å². The number of rotatable bonds is 2. The van der Waals surface area contributed by atoms with Crippen molar-refractivity contribution in [3.05, 3.63) is 12.1 Å². The van der Waals surface area contributed by atoms with E-state index in [0.717, 1.165) is 0 Å². The van der Waals surface area contributed by atoms with Crippen molar-refractivity contribution in [2.24, 2.45) is 0 Å². The fourth-order valence-electron chi connectivity index (χ4n) is 0.952. The number of phenolic OH excluding ortho intramolecular Hbond substituents is 2. The van der Waals surface area contributed by atoms with Crippen LogP contribution in [-0.4, -0.2) is 50.3 Å². The zero-order chi connectivity index (χ0) is 14.1. The molecular weight excluding hydrogens is 400 g/mol. The van der Waals surface area contributed by atoms with Gasteiger partial charge in [0.1, 0.15) is 0 Å². The van der Waals surface area contributed by atoms with E-state index in [0.29, 0.717) is 12.1 Å². The molecule has 0 atom stereocenters. The maximum absolute atomic E-state index is 12.1. The van der Waals surface area contributed by atoms with Gasteiger partial charge in [-0.25, -0.2) is 0 Å².